The highest BCUT2D eigenvalue weighted by Gasteiger charge is 2.42. The molecule has 1 unspecified atom stereocenters. The van der Waals surface area contributed by atoms with Crippen LogP contribution in [-0.4, -0.2) is 34.4 Å². The molecule has 1 atom stereocenters. The van der Waals surface area contributed by atoms with Crippen LogP contribution in [0.3, 0.4) is 0 Å². The first kappa shape index (κ1) is 17.6. The Morgan fingerprint density at radius 3 is 2.12 bits per heavy atom. The predicted molar refractivity (Wildman–Crippen MR) is 87.2 cm³/mol. The summed E-state index contributed by atoms with van der Waals surface area (Å²) in [7, 11) is 0. The maximum atomic E-state index is 13.4. The van der Waals surface area contributed by atoms with Crippen LogP contribution in [0.1, 0.15) is 38.6 Å². The Labute approximate surface area is 149 Å². The van der Waals surface area contributed by atoms with Crippen LogP contribution >= 0.6 is 15.9 Å². The maximum Gasteiger partial charge on any atom is 0.395 e. The lowest BCUT2D eigenvalue weighted by Gasteiger charge is -2.23. The molecule has 2 heterocycles. The number of carbonyl (C=O) groups excluding carboxylic acids is 2. The van der Waals surface area contributed by atoms with Crippen LogP contribution in [0.5, 0.6) is 0 Å². The van der Waals surface area contributed by atoms with Crippen molar-refractivity contribution in [3.05, 3.63) is 63.9 Å². The quantitative estimate of drug-likeness (QED) is 0.559. The van der Waals surface area contributed by atoms with Crippen molar-refractivity contribution in [2.75, 3.05) is 6.54 Å². The van der Waals surface area contributed by atoms with E-state index in [9.17, 15) is 22.8 Å². The molecule has 0 saturated carbocycles. The second-order valence-corrected chi connectivity index (χ2v) is 6.42. The Kier molecular flexibility index (Phi) is 4.64. The van der Waals surface area contributed by atoms with E-state index in [1.807, 2.05) is 0 Å². The Morgan fingerprint density at radius 1 is 1.04 bits per heavy atom. The van der Waals surface area contributed by atoms with Crippen LogP contribution < -0.4 is 0 Å². The van der Waals surface area contributed by atoms with Gasteiger partial charge in [0.05, 0.1) is 17.0 Å². The fraction of sp³-hybridized carbons (Fsp3) is 0.235. The van der Waals surface area contributed by atoms with E-state index in [0.29, 0.717) is 4.60 Å². The van der Waals surface area contributed by atoms with Gasteiger partial charge in [0.2, 0.25) is 0 Å². The number of amides is 2. The number of pyridine rings is 1. The smallest absolute Gasteiger partial charge is 0.274 e. The molecule has 0 fully saturated rings. The van der Waals surface area contributed by atoms with Crippen molar-refractivity contribution in [2.24, 2.45) is 0 Å². The molecular weight excluding hydrogens is 401 g/mol. The van der Waals surface area contributed by atoms with Crippen LogP contribution in [0.25, 0.3) is 0 Å². The van der Waals surface area contributed by atoms with Gasteiger partial charge in [-0.25, -0.2) is 4.98 Å². The average molecular weight is 413 g/mol. The van der Waals surface area contributed by atoms with E-state index in [4.69, 9.17) is 0 Å². The number of carbonyl (C=O) groups is 2. The fourth-order valence-electron chi connectivity index (χ4n) is 2.81. The molecule has 130 valence electrons. The number of imide groups is 1. The van der Waals surface area contributed by atoms with E-state index >= 15 is 0 Å². The SMILES string of the molecule is O=C1c2ccccc2C(=O)N1CCC(c1ccc(Br)nc1)C(F)(F)F. The van der Waals surface area contributed by atoms with E-state index in [1.54, 1.807) is 12.1 Å². The highest BCUT2D eigenvalue weighted by atomic mass is 79.9. The molecule has 1 aliphatic heterocycles. The van der Waals surface area contributed by atoms with E-state index in [0.717, 1.165) is 11.1 Å². The Morgan fingerprint density at radius 2 is 1.64 bits per heavy atom. The topological polar surface area (TPSA) is 50.3 Å². The fourth-order valence-corrected chi connectivity index (χ4v) is 3.05. The third kappa shape index (κ3) is 3.44. The molecule has 2 aromatic rings. The van der Waals surface area contributed by atoms with Gasteiger partial charge >= 0.3 is 6.18 Å². The molecule has 3 rings (SSSR count). The Bertz CT molecular complexity index is 786. The van der Waals surface area contributed by atoms with Gasteiger partial charge in [-0.1, -0.05) is 18.2 Å². The summed E-state index contributed by atoms with van der Waals surface area (Å²) in [6.45, 7) is -0.313. The van der Waals surface area contributed by atoms with Gasteiger partial charge < -0.3 is 0 Å². The van der Waals surface area contributed by atoms with Crippen molar-refractivity contribution >= 4 is 27.7 Å². The van der Waals surface area contributed by atoms with Gasteiger partial charge in [0.15, 0.2) is 0 Å². The summed E-state index contributed by atoms with van der Waals surface area (Å²) in [4.78, 5) is 29.2. The molecule has 0 bridgehead atoms. The molecule has 0 N–H and O–H groups in total. The number of halogens is 4. The zero-order valence-electron chi connectivity index (χ0n) is 12.8. The van der Waals surface area contributed by atoms with Crippen LogP contribution in [-0.2, 0) is 0 Å². The highest BCUT2D eigenvalue weighted by Crippen LogP contribution is 2.38. The summed E-state index contributed by atoms with van der Waals surface area (Å²) in [6, 6.07) is 8.97. The lowest BCUT2D eigenvalue weighted by Crippen LogP contribution is -2.33. The molecule has 0 radical (unpaired) electrons. The van der Waals surface area contributed by atoms with Crippen molar-refractivity contribution in [3.8, 4) is 0 Å². The molecule has 1 aromatic heterocycles. The normalized spacial score (nSPS) is 15.4. The van der Waals surface area contributed by atoms with E-state index in [1.165, 1.54) is 24.3 Å². The molecule has 4 nitrogen and oxygen atoms in total. The van der Waals surface area contributed by atoms with Gasteiger partial charge in [-0.15, -0.1) is 0 Å². The number of nitrogens with zero attached hydrogens (tertiary/aromatic N) is 2. The van der Waals surface area contributed by atoms with Gasteiger partial charge in [0.25, 0.3) is 11.8 Å². The molecule has 1 aromatic carbocycles. The number of alkyl halides is 3. The van der Waals surface area contributed by atoms with Crippen LogP contribution in [0.15, 0.2) is 47.2 Å². The zero-order valence-corrected chi connectivity index (χ0v) is 14.3. The summed E-state index contributed by atoms with van der Waals surface area (Å²) >= 11 is 3.08. The molecule has 2 amide bonds. The average Bonchev–Trinajstić information content (AvgIpc) is 2.81. The van der Waals surface area contributed by atoms with Crippen LogP contribution in [0.4, 0.5) is 13.2 Å². The number of rotatable bonds is 4. The molecule has 0 spiro atoms. The van der Waals surface area contributed by atoms with Gasteiger partial charge in [0.1, 0.15) is 4.60 Å². The minimum atomic E-state index is -4.51. The van der Waals surface area contributed by atoms with Crippen molar-refractivity contribution in [1.29, 1.82) is 0 Å². The lowest BCUT2D eigenvalue weighted by atomic mass is 9.96. The molecular formula is C17H12BrF3N2O2. The molecule has 25 heavy (non-hydrogen) atoms. The van der Waals surface area contributed by atoms with Crippen LogP contribution in [0, 0.1) is 0 Å². The molecule has 8 heteroatoms. The van der Waals surface area contributed by atoms with E-state index < -0.39 is 30.3 Å². The number of aromatic nitrogens is 1. The summed E-state index contributed by atoms with van der Waals surface area (Å²) in [5.74, 6) is -2.93. The van der Waals surface area contributed by atoms with Crippen molar-refractivity contribution in [1.82, 2.24) is 9.88 Å². The van der Waals surface area contributed by atoms with Crippen LogP contribution in [0.2, 0.25) is 0 Å². The molecule has 0 saturated heterocycles. The van der Waals surface area contributed by atoms with Gasteiger partial charge in [-0.05, 0) is 46.1 Å². The number of hydrogen-bond donors (Lipinski definition) is 0. The zero-order chi connectivity index (χ0) is 18.2. The summed E-state index contributed by atoms with van der Waals surface area (Å²) in [6.07, 6.45) is -3.78. The van der Waals surface area contributed by atoms with Crippen molar-refractivity contribution < 1.29 is 22.8 Å². The highest BCUT2D eigenvalue weighted by molar-refractivity contribution is 9.10. The Hall–Kier alpha value is -2.22. The molecule has 1 aliphatic rings. The van der Waals surface area contributed by atoms with Gasteiger partial charge in [0, 0.05) is 12.7 Å². The predicted octanol–water partition coefficient (Wildman–Crippen LogP) is 4.18. The first-order chi connectivity index (χ1) is 11.8. The standard InChI is InChI=1S/C17H12BrF3N2O2/c18-14-6-5-10(9-22-14)13(17(19,20)21)7-8-23-15(24)11-3-1-2-4-12(11)16(23)25/h1-6,9,13H,7-8H2. The van der Waals surface area contributed by atoms with Crippen molar-refractivity contribution in [2.45, 2.75) is 18.5 Å². The van der Waals surface area contributed by atoms with Crippen molar-refractivity contribution in [3.63, 3.8) is 0 Å². The minimum Gasteiger partial charge on any atom is -0.274 e. The maximum absolute atomic E-state index is 13.4. The molecule has 0 aliphatic carbocycles. The van der Waals surface area contributed by atoms with E-state index in [-0.39, 0.29) is 23.2 Å². The first-order valence-electron chi connectivity index (χ1n) is 7.42. The summed E-state index contributed by atoms with van der Waals surface area (Å²) in [5, 5.41) is 0. The largest absolute Gasteiger partial charge is 0.395 e. The third-order valence-corrected chi connectivity index (χ3v) is 4.54. The third-order valence-electron chi connectivity index (χ3n) is 4.07. The number of hydrogen-bond acceptors (Lipinski definition) is 3. The van der Waals surface area contributed by atoms with E-state index in [2.05, 4.69) is 20.9 Å². The second-order valence-electron chi connectivity index (χ2n) is 5.60. The van der Waals surface area contributed by atoms with Gasteiger partial charge in [-0.3, -0.25) is 14.5 Å². The minimum absolute atomic E-state index is 0.00712. The summed E-state index contributed by atoms with van der Waals surface area (Å²) < 4.78 is 40.7. The number of benzene rings is 1. The lowest BCUT2D eigenvalue weighted by molar-refractivity contribution is -0.152. The number of fused-ring (bicyclic) bond motifs is 1. The van der Waals surface area contributed by atoms with Gasteiger partial charge in [-0.2, -0.15) is 13.2 Å². The first-order valence-corrected chi connectivity index (χ1v) is 8.21. The Balaban J connectivity index is 1.80. The summed E-state index contributed by atoms with van der Waals surface area (Å²) in [5.41, 5.74) is 0.440. The monoisotopic (exact) mass is 412 g/mol. The second kappa shape index (κ2) is 6.59.